The first kappa shape index (κ1) is 13.6. The lowest BCUT2D eigenvalue weighted by Crippen LogP contribution is -2.09. The number of hydrogen-bond donors (Lipinski definition) is 0. The van der Waals surface area contributed by atoms with E-state index in [0.717, 1.165) is 0 Å². The van der Waals surface area contributed by atoms with Gasteiger partial charge in [0.05, 0.1) is 0 Å². The Bertz CT molecular complexity index is 457. The standard InChI is InChI=1S/C13H16N4O/c1-3-8-17(15-4-2)13(7-11-18)14-12-16-9-5-6-10-16/h3-12H,1-2H3/b8-3-,13-7+,14-12?,15-4-. The van der Waals surface area contributed by atoms with Gasteiger partial charge in [-0.05, 0) is 26.0 Å². The second-order valence-corrected chi connectivity index (χ2v) is 3.24. The number of aliphatic imine (C=N–C) groups is 1. The molecule has 0 aliphatic carbocycles. The van der Waals surface area contributed by atoms with Crippen molar-refractivity contribution in [3.05, 3.63) is 48.7 Å². The molecule has 5 nitrogen and oxygen atoms in total. The summed E-state index contributed by atoms with van der Waals surface area (Å²) in [5.74, 6) is 0.440. The predicted molar refractivity (Wildman–Crippen MR) is 73.3 cm³/mol. The molecule has 0 aliphatic heterocycles. The molecule has 5 heteroatoms. The molecular weight excluding hydrogens is 228 g/mol. The fourth-order valence-electron chi connectivity index (χ4n) is 1.23. The van der Waals surface area contributed by atoms with Gasteiger partial charge in [-0.1, -0.05) is 6.08 Å². The second-order valence-electron chi connectivity index (χ2n) is 3.24. The van der Waals surface area contributed by atoms with E-state index < -0.39 is 0 Å². The highest BCUT2D eigenvalue weighted by molar-refractivity contribution is 5.68. The maximum atomic E-state index is 10.6. The van der Waals surface area contributed by atoms with Crippen LogP contribution in [0.15, 0.2) is 58.8 Å². The van der Waals surface area contributed by atoms with Crippen molar-refractivity contribution in [1.82, 2.24) is 9.58 Å². The van der Waals surface area contributed by atoms with E-state index in [1.54, 1.807) is 30.2 Å². The normalized spacial score (nSPS) is 12.9. The fraction of sp³-hybridized carbons (Fsp3) is 0.154. The molecule has 0 radical (unpaired) electrons. The van der Waals surface area contributed by atoms with Gasteiger partial charge in [0, 0.05) is 30.9 Å². The molecule has 0 fully saturated rings. The summed E-state index contributed by atoms with van der Waals surface area (Å²) in [5.41, 5.74) is 0. The summed E-state index contributed by atoms with van der Waals surface area (Å²) < 4.78 is 1.78. The Balaban J connectivity index is 2.94. The second kappa shape index (κ2) is 7.78. The molecule has 0 amide bonds. The van der Waals surface area contributed by atoms with E-state index in [-0.39, 0.29) is 0 Å². The number of rotatable bonds is 6. The lowest BCUT2D eigenvalue weighted by molar-refractivity contribution is -0.104. The van der Waals surface area contributed by atoms with Crippen molar-refractivity contribution in [3.63, 3.8) is 0 Å². The summed E-state index contributed by atoms with van der Waals surface area (Å²) in [6.07, 6.45) is 12.5. The van der Waals surface area contributed by atoms with Crippen LogP contribution in [0.1, 0.15) is 13.8 Å². The minimum absolute atomic E-state index is 0.440. The summed E-state index contributed by atoms with van der Waals surface area (Å²) in [7, 11) is 0. The van der Waals surface area contributed by atoms with E-state index in [1.807, 2.05) is 37.5 Å². The van der Waals surface area contributed by atoms with Crippen LogP contribution in [0, 0.1) is 0 Å². The number of carbonyl (C=O) groups excluding carboxylic acids is 1. The number of hydrazone groups is 1. The highest BCUT2D eigenvalue weighted by atomic mass is 16.1. The van der Waals surface area contributed by atoms with Crippen molar-refractivity contribution in [3.8, 4) is 0 Å². The molecule has 0 atom stereocenters. The van der Waals surface area contributed by atoms with Gasteiger partial charge < -0.3 is 4.57 Å². The zero-order valence-corrected chi connectivity index (χ0v) is 10.5. The van der Waals surface area contributed by atoms with Crippen molar-refractivity contribution in [2.75, 3.05) is 0 Å². The zero-order valence-electron chi connectivity index (χ0n) is 10.5. The zero-order chi connectivity index (χ0) is 13.2. The van der Waals surface area contributed by atoms with Gasteiger partial charge in [-0.15, -0.1) is 0 Å². The molecule has 0 unspecified atom stereocenters. The number of allylic oxidation sites excluding steroid dienone is 2. The van der Waals surface area contributed by atoms with E-state index in [4.69, 9.17) is 0 Å². The highest BCUT2D eigenvalue weighted by Gasteiger charge is 2.01. The van der Waals surface area contributed by atoms with Crippen LogP contribution in [0.4, 0.5) is 0 Å². The van der Waals surface area contributed by atoms with E-state index in [9.17, 15) is 4.79 Å². The number of aldehydes is 1. The monoisotopic (exact) mass is 244 g/mol. The molecule has 94 valence electrons. The SMILES string of the molecule is C/C=C\N(/N=C\C)/C(=C/C=O)N=Cn1cccc1. The molecule has 1 rings (SSSR count). The van der Waals surface area contributed by atoms with Crippen LogP contribution in [0.25, 0.3) is 0 Å². The number of aromatic nitrogens is 1. The first-order valence-electron chi connectivity index (χ1n) is 5.54. The topological polar surface area (TPSA) is 50.0 Å². The average Bonchev–Trinajstić information content (AvgIpc) is 2.87. The summed E-state index contributed by atoms with van der Waals surface area (Å²) >= 11 is 0. The van der Waals surface area contributed by atoms with E-state index in [1.165, 1.54) is 11.1 Å². The predicted octanol–water partition coefficient (Wildman–Crippen LogP) is 2.25. The van der Waals surface area contributed by atoms with Crippen LogP contribution < -0.4 is 0 Å². The van der Waals surface area contributed by atoms with Crippen LogP contribution in [-0.4, -0.2) is 28.4 Å². The van der Waals surface area contributed by atoms with Gasteiger partial charge in [-0.25, -0.2) is 10.0 Å². The Kier molecular flexibility index (Phi) is 5.89. The average molecular weight is 244 g/mol. The molecule has 0 aliphatic rings. The third kappa shape index (κ3) is 4.21. The Labute approximate surface area is 106 Å². The fourth-order valence-corrected chi connectivity index (χ4v) is 1.23. The third-order valence-corrected chi connectivity index (χ3v) is 1.93. The number of nitrogens with zero attached hydrogens (tertiary/aromatic N) is 4. The molecule has 0 spiro atoms. The van der Waals surface area contributed by atoms with Crippen molar-refractivity contribution in [1.29, 1.82) is 0 Å². The minimum Gasteiger partial charge on any atom is -0.315 e. The van der Waals surface area contributed by atoms with Gasteiger partial charge >= 0.3 is 0 Å². The molecule has 0 aromatic carbocycles. The smallest absolute Gasteiger partial charge is 0.158 e. The molecule has 1 heterocycles. The Morgan fingerprint density at radius 1 is 1.28 bits per heavy atom. The molecule has 0 saturated heterocycles. The minimum atomic E-state index is 0.440. The molecule has 1 aromatic heterocycles. The lowest BCUT2D eigenvalue weighted by atomic mass is 10.5. The summed E-state index contributed by atoms with van der Waals surface area (Å²) in [4.78, 5) is 14.9. The first-order valence-corrected chi connectivity index (χ1v) is 5.54. The van der Waals surface area contributed by atoms with E-state index >= 15 is 0 Å². The Morgan fingerprint density at radius 3 is 2.56 bits per heavy atom. The summed E-state index contributed by atoms with van der Waals surface area (Å²) in [5, 5.41) is 5.63. The van der Waals surface area contributed by atoms with Gasteiger partial charge in [0.2, 0.25) is 0 Å². The van der Waals surface area contributed by atoms with Gasteiger partial charge in [-0.2, -0.15) is 5.10 Å². The molecule has 0 bridgehead atoms. The lowest BCUT2D eigenvalue weighted by Gasteiger charge is -2.13. The number of hydrogen-bond acceptors (Lipinski definition) is 4. The Morgan fingerprint density at radius 2 is 2.00 bits per heavy atom. The first-order chi connectivity index (χ1) is 8.81. The van der Waals surface area contributed by atoms with Crippen LogP contribution in [0.5, 0.6) is 0 Å². The van der Waals surface area contributed by atoms with E-state index in [2.05, 4.69) is 10.1 Å². The van der Waals surface area contributed by atoms with Crippen molar-refractivity contribution < 1.29 is 4.79 Å². The van der Waals surface area contributed by atoms with Crippen molar-refractivity contribution in [2.24, 2.45) is 10.1 Å². The van der Waals surface area contributed by atoms with Gasteiger partial charge in [0.25, 0.3) is 0 Å². The summed E-state index contributed by atoms with van der Waals surface area (Å²) in [6, 6.07) is 3.78. The molecular formula is C13H16N4O. The van der Waals surface area contributed by atoms with Gasteiger partial charge in [0.1, 0.15) is 12.6 Å². The highest BCUT2D eigenvalue weighted by Crippen LogP contribution is 2.06. The molecule has 18 heavy (non-hydrogen) atoms. The number of carbonyl (C=O) groups is 1. The maximum absolute atomic E-state index is 10.6. The largest absolute Gasteiger partial charge is 0.315 e. The van der Waals surface area contributed by atoms with Crippen LogP contribution in [-0.2, 0) is 4.79 Å². The molecule has 0 saturated carbocycles. The van der Waals surface area contributed by atoms with Crippen molar-refractivity contribution >= 4 is 18.8 Å². The Hall–Kier alpha value is -2.43. The van der Waals surface area contributed by atoms with Crippen LogP contribution >= 0.6 is 0 Å². The maximum Gasteiger partial charge on any atom is 0.158 e. The quantitative estimate of drug-likeness (QED) is 0.253. The van der Waals surface area contributed by atoms with Gasteiger partial charge in [-0.3, -0.25) is 4.79 Å². The van der Waals surface area contributed by atoms with Crippen molar-refractivity contribution in [2.45, 2.75) is 13.8 Å². The van der Waals surface area contributed by atoms with Crippen LogP contribution in [0.2, 0.25) is 0 Å². The van der Waals surface area contributed by atoms with Crippen LogP contribution in [0.3, 0.4) is 0 Å². The van der Waals surface area contributed by atoms with E-state index in [0.29, 0.717) is 12.1 Å². The molecule has 0 N–H and O–H groups in total. The summed E-state index contributed by atoms with van der Waals surface area (Å²) in [6.45, 7) is 3.66. The molecule has 1 aromatic rings. The third-order valence-electron chi connectivity index (χ3n) is 1.93. The van der Waals surface area contributed by atoms with Gasteiger partial charge in [0.15, 0.2) is 5.82 Å².